The predicted molar refractivity (Wildman–Crippen MR) is 167 cm³/mol. The van der Waals surface area contributed by atoms with Gasteiger partial charge in [-0.3, -0.25) is 9.36 Å². The van der Waals surface area contributed by atoms with Crippen LogP contribution >= 0.6 is 0 Å². The average Bonchev–Trinajstić information content (AvgIpc) is 2.94. The van der Waals surface area contributed by atoms with Crippen molar-refractivity contribution in [1.82, 2.24) is 14.5 Å². The van der Waals surface area contributed by atoms with Crippen molar-refractivity contribution in [2.24, 2.45) is 5.41 Å². The Bertz CT molecular complexity index is 1490. The second-order valence-electron chi connectivity index (χ2n) is 13.5. The fraction of sp³-hybridized carbons (Fsp3) is 0.559. The predicted octanol–water partition coefficient (Wildman–Crippen LogP) is 5.95. The van der Waals surface area contributed by atoms with E-state index in [0.717, 1.165) is 76.1 Å². The molecule has 0 atom stereocenters. The number of hydrogen-bond acceptors (Lipinski definition) is 7. The number of nitrogens with zero attached hydrogens (tertiary/aromatic N) is 4. The number of likely N-dealkylation sites (tertiary alicyclic amines) is 1. The lowest BCUT2D eigenvalue weighted by Crippen LogP contribution is -2.66. The van der Waals surface area contributed by atoms with E-state index in [4.69, 9.17) is 14.2 Å². The molecule has 1 aliphatic carbocycles. The number of rotatable bonds is 8. The van der Waals surface area contributed by atoms with Crippen molar-refractivity contribution in [1.29, 1.82) is 0 Å². The fourth-order valence-electron chi connectivity index (χ4n) is 6.54. The molecular weight excluding hydrogens is 544 g/mol. The van der Waals surface area contributed by atoms with Crippen molar-refractivity contribution in [3.63, 3.8) is 0 Å². The van der Waals surface area contributed by atoms with E-state index in [1.165, 1.54) is 0 Å². The van der Waals surface area contributed by atoms with Crippen LogP contribution in [0.1, 0.15) is 66.2 Å². The molecule has 2 aliphatic heterocycles. The molecule has 43 heavy (non-hydrogen) atoms. The van der Waals surface area contributed by atoms with Gasteiger partial charge in [-0.15, -0.1) is 0 Å². The summed E-state index contributed by atoms with van der Waals surface area (Å²) in [4.78, 5) is 34.3. The number of carbonyl (C=O) groups excluding carboxylic acids is 1. The maximum Gasteiger partial charge on any atom is 0.410 e. The molecule has 1 aromatic heterocycles. The van der Waals surface area contributed by atoms with Crippen LogP contribution in [0.2, 0.25) is 0 Å². The molecule has 3 aromatic rings. The minimum atomic E-state index is -0.454. The molecule has 0 radical (unpaired) electrons. The van der Waals surface area contributed by atoms with Gasteiger partial charge in [0, 0.05) is 37.3 Å². The summed E-state index contributed by atoms with van der Waals surface area (Å²) in [5, 5.41) is 0.553. The van der Waals surface area contributed by atoms with Crippen LogP contribution in [0.4, 0.5) is 10.5 Å². The molecule has 0 N–H and O–H groups in total. The van der Waals surface area contributed by atoms with E-state index < -0.39 is 5.60 Å². The number of carbonyl (C=O) groups is 1. The van der Waals surface area contributed by atoms with Gasteiger partial charge < -0.3 is 24.0 Å². The van der Waals surface area contributed by atoms with Gasteiger partial charge >= 0.3 is 6.09 Å². The second-order valence-corrected chi connectivity index (χ2v) is 13.5. The van der Waals surface area contributed by atoms with Crippen molar-refractivity contribution >= 4 is 22.7 Å². The van der Waals surface area contributed by atoms with Gasteiger partial charge in [-0.2, -0.15) is 0 Å². The van der Waals surface area contributed by atoms with Crippen LogP contribution in [0.25, 0.3) is 16.6 Å². The Morgan fingerprint density at radius 1 is 1.00 bits per heavy atom. The first kappa shape index (κ1) is 29.5. The number of piperidine rings is 1. The molecule has 1 saturated carbocycles. The summed E-state index contributed by atoms with van der Waals surface area (Å²) in [7, 11) is 0. The van der Waals surface area contributed by atoms with Gasteiger partial charge in [0.2, 0.25) is 0 Å². The van der Waals surface area contributed by atoms with Gasteiger partial charge in [-0.05, 0) is 95.3 Å². The third-order valence-electron chi connectivity index (χ3n) is 8.84. The zero-order valence-electron chi connectivity index (χ0n) is 25.9. The average molecular weight is 589 g/mol. The van der Waals surface area contributed by atoms with E-state index in [1.54, 1.807) is 17.0 Å². The third-order valence-corrected chi connectivity index (χ3v) is 8.84. The van der Waals surface area contributed by atoms with Crippen molar-refractivity contribution in [3.05, 3.63) is 59.1 Å². The maximum absolute atomic E-state index is 13.3. The molecule has 3 fully saturated rings. The van der Waals surface area contributed by atoms with Crippen molar-refractivity contribution in [2.75, 3.05) is 37.7 Å². The van der Waals surface area contributed by atoms with Crippen LogP contribution in [0.15, 0.2) is 53.6 Å². The molecule has 9 nitrogen and oxygen atoms in total. The molecule has 3 aliphatic rings. The van der Waals surface area contributed by atoms with Gasteiger partial charge in [-0.25, -0.2) is 9.78 Å². The van der Waals surface area contributed by atoms with Gasteiger partial charge in [0.25, 0.3) is 5.56 Å². The summed E-state index contributed by atoms with van der Waals surface area (Å²) < 4.78 is 19.4. The van der Waals surface area contributed by atoms with Gasteiger partial charge in [0.05, 0.1) is 35.4 Å². The molecule has 2 saturated heterocycles. The molecule has 3 heterocycles. The number of amides is 1. The van der Waals surface area contributed by atoms with E-state index in [1.807, 2.05) is 49.9 Å². The Labute approximate surface area is 253 Å². The number of ether oxygens (including phenoxy) is 3. The monoisotopic (exact) mass is 588 g/mol. The largest absolute Gasteiger partial charge is 0.494 e. The highest BCUT2D eigenvalue weighted by atomic mass is 16.6. The Hall–Kier alpha value is -3.59. The summed E-state index contributed by atoms with van der Waals surface area (Å²) in [5.41, 5.74) is 2.28. The van der Waals surface area contributed by atoms with Gasteiger partial charge in [0.1, 0.15) is 17.7 Å². The van der Waals surface area contributed by atoms with Crippen molar-refractivity contribution in [2.45, 2.75) is 84.0 Å². The molecule has 1 amide bonds. The minimum Gasteiger partial charge on any atom is -0.494 e. The SMILES string of the molecule is CCCCOc1ccc2ncn(-c3ccc(N4CCC(OC5CC6(C5)CN(C(=O)OC(C)(C)C)C6)CC4)cc3)c(=O)c2c1. The molecule has 1 spiro atoms. The number of aromatic nitrogens is 2. The summed E-state index contributed by atoms with van der Waals surface area (Å²) >= 11 is 0. The first-order valence-corrected chi connectivity index (χ1v) is 15.7. The first-order chi connectivity index (χ1) is 20.6. The van der Waals surface area contributed by atoms with E-state index in [-0.39, 0.29) is 23.2 Å². The zero-order chi connectivity index (χ0) is 30.2. The molecule has 0 bridgehead atoms. The topological polar surface area (TPSA) is 86.1 Å². The summed E-state index contributed by atoms with van der Waals surface area (Å²) in [6.45, 7) is 11.9. The van der Waals surface area contributed by atoms with Gasteiger partial charge in [-0.1, -0.05) is 13.3 Å². The van der Waals surface area contributed by atoms with Gasteiger partial charge in [0.15, 0.2) is 0 Å². The Kier molecular flexibility index (Phi) is 8.11. The highest BCUT2D eigenvalue weighted by Gasteiger charge is 2.55. The van der Waals surface area contributed by atoms with E-state index >= 15 is 0 Å². The summed E-state index contributed by atoms with van der Waals surface area (Å²) in [6.07, 6.45) is 8.05. The molecule has 9 heteroatoms. The lowest BCUT2D eigenvalue weighted by Gasteiger charge is -2.58. The summed E-state index contributed by atoms with van der Waals surface area (Å²) in [6, 6.07) is 13.7. The minimum absolute atomic E-state index is 0.103. The quantitative estimate of drug-likeness (QED) is 0.301. The zero-order valence-corrected chi connectivity index (χ0v) is 25.9. The highest BCUT2D eigenvalue weighted by Crippen LogP contribution is 2.50. The van der Waals surface area contributed by atoms with E-state index in [0.29, 0.717) is 29.4 Å². The highest BCUT2D eigenvalue weighted by molar-refractivity contribution is 5.79. The Morgan fingerprint density at radius 3 is 2.37 bits per heavy atom. The number of fused-ring (bicyclic) bond motifs is 1. The van der Waals surface area contributed by atoms with Crippen LogP contribution in [0, 0.1) is 5.41 Å². The van der Waals surface area contributed by atoms with E-state index in [2.05, 4.69) is 28.9 Å². The first-order valence-electron chi connectivity index (χ1n) is 15.7. The third kappa shape index (κ3) is 6.51. The smallest absolute Gasteiger partial charge is 0.410 e. The van der Waals surface area contributed by atoms with E-state index in [9.17, 15) is 9.59 Å². The molecule has 230 valence electrons. The van der Waals surface area contributed by atoms with Crippen LogP contribution in [-0.4, -0.2) is 71.1 Å². The normalized spacial score (nSPS) is 18.9. The van der Waals surface area contributed by atoms with Crippen LogP contribution < -0.4 is 15.2 Å². The Balaban J connectivity index is 0.987. The van der Waals surface area contributed by atoms with Crippen molar-refractivity contribution in [3.8, 4) is 11.4 Å². The Morgan fingerprint density at radius 2 is 1.70 bits per heavy atom. The number of hydrogen-bond donors (Lipinski definition) is 0. The van der Waals surface area contributed by atoms with Crippen LogP contribution in [0.3, 0.4) is 0 Å². The molecule has 0 unspecified atom stereocenters. The second kappa shape index (κ2) is 11.8. The van der Waals surface area contributed by atoms with Crippen molar-refractivity contribution < 1.29 is 19.0 Å². The van der Waals surface area contributed by atoms with Crippen LogP contribution in [0.5, 0.6) is 5.75 Å². The lowest BCUT2D eigenvalue weighted by atomic mass is 9.62. The molecule has 2 aromatic carbocycles. The summed E-state index contributed by atoms with van der Waals surface area (Å²) in [5.74, 6) is 0.699. The fourth-order valence-corrected chi connectivity index (χ4v) is 6.54. The number of benzene rings is 2. The molecule has 6 rings (SSSR count). The number of anilines is 1. The lowest BCUT2D eigenvalue weighted by molar-refractivity contribution is -0.167. The van der Waals surface area contributed by atoms with Crippen LogP contribution in [-0.2, 0) is 9.47 Å². The number of unbranched alkanes of at least 4 members (excludes halogenated alkanes) is 1. The molecular formula is C34H44N4O5. The maximum atomic E-state index is 13.3. The standard InChI is InChI=1S/C34H44N4O5/c1-5-6-17-41-27-11-12-30-29(18-27)31(39)38(23-35-30)25-9-7-24(8-10-25)36-15-13-26(14-16-36)42-28-19-34(20-28)21-37(22-34)32(40)43-33(2,3)4/h7-12,18,23,26,28H,5-6,13-17,19-22H2,1-4H3.